The van der Waals surface area contributed by atoms with Gasteiger partial charge in [0, 0.05) is 10.7 Å². The lowest BCUT2D eigenvalue weighted by Gasteiger charge is -2.12. The lowest BCUT2D eigenvalue weighted by molar-refractivity contribution is 0.0623. The summed E-state index contributed by atoms with van der Waals surface area (Å²) in [5, 5.41) is 0.163. The van der Waals surface area contributed by atoms with E-state index in [2.05, 4.69) is 20.9 Å². The number of imide groups is 1. The van der Waals surface area contributed by atoms with Crippen molar-refractivity contribution in [3.05, 3.63) is 62.8 Å². The Bertz CT molecular complexity index is 787. The van der Waals surface area contributed by atoms with Crippen LogP contribution in [-0.2, 0) is 0 Å². The van der Waals surface area contributed by atoms with Crippen molar-refractivity contribution in [2.45, 2.75) is 0 Å². The van der Waals surface area contributed by atoms with Crippen molar-refractivity contribution in [2.24, 2.45) is 0 Å². The topological polar surface area (TPSA) is 67.3 Å². The highest BCUT2D eigenvalue weighted by molar-refractivity contribution is 9.10. The number of fused-ring (bicyclic) bond motifs is 1. The SMILES string of the molecule is O=C(CN1C(=O)c2ccccc2C1=O)c1ncc(Br)cc1Cl. The van der Waals surface area contributed by atoms with Crippen LogP contribution in [-0.4, -0.2) is 34.0 Å². The van der Waals surface area contributed by atoms with Crippen molar-refractivity contribution in [3.63, 3.8) is 0 Å². The highest BCUT2D eigenvalue weighted by Gasteiger charge is 2.36. The first-order valence-electron chi connectivity index (χ1n) is 6.28. The van der Waals surface area contributed by atoms with Gasteiger partial charge in [0.1, 0.15) is 5.69 Å². The standard InChI is InChI=1S/C15H8BrClN2O3/c16-8-5-11(17)13(18-6-8)12(20)7-19-14(21)9-3-1-2-4-10(9)15(19)22/h1-6H,7H2. The van der Waals surface area contributed by atoms with E-state index in [0.29, 0.717) is 15.6 Å². The maximum atomic E-state index is 12.3. The lowest BCUT2D eigenvalue weighted by atomic mass is 10.1. The van der Waals surface area contributed by atoms with Gasteiger partial charge in [-0.05, 0) is 34.1 Å². The molecular weight excluding hydrogens is 372 g/mol. The van der Waals surface area contributed by atoms with Gasteiger partial charge in [-0.3, -0.25) is 24.3 Å². The van der Waals surface area contributed by atoms with Gasteiger partial charge >= 0.3 is 0 Å². The minimum absolute atomic E-state index is 0.0291. The number of benzene rings is 1. The lowest BCUT2D eigenvalue weighted by Crippen LogP contribution is -2.35. The van der Waals surface area contributed by atoms with Crippen molar-refractivity contribution in [1.29, 1.82) is 0 Å². The molecule has 0 fully saturated rings. The molecule has 2 amide bonds. The smallest absolute Gasteiger partial charge is 0.261 e. The van der Waals surface area contributed by atoms with Gasteiger partial charge in [0.05, 0.1) is 22.7 Å². The van der Waals surface area contributed by atoms with Crippen molar-refractivity contribution in [1.82, 2.24) is 9.88 Å². The molecule has 110 valence electrons. The van der Waals surface area contributed by atoms with Gasteiger partial charge in [-0.15, -0.1) is 0 Å². The van der Waals surface area contributed by atoms with Crippen LogP contribution < -0.4 is 0 Å². The van der Waals surface area contributed by atoms with Crippen LogP contribution in [0, 0.1) is 0 Å². The molecule has 1 aliphatic rings. The molecule has 0 unspecified atom stereocenters. The third-order valence-corrected chi connectivity index (χ3v) is 3.97. The maximum absolute atomic E-state index is 12.3. The van der Waals surface area contributed by atoms with Crippen LogP contribution in [0.25, 0.3) is 0 Å². The molecule has 0 aliphatic carbocycles. The molecule has 2 heterocycles. The summed E-state index contributed by atoms with van der Waals surface area (Å²) in [5.41, 5.74) is 0.631. The number of ketones is 1. The summed E-state index contributed by atoms with van der Waals surface area (Å²) in [4.78, 5) is 41.5. The van der Waals surface area contributed by atoms with Crippen molar-refractivity contribution < 1.29 is 14.4 Å². The Balaban J connectivity index is 1.87. The second kappa shape index (κ2) is 5.62. The molecule has 7 heteroatoms. The van der Waals surface area contributed by atoms with Gasteiger partial charge in [0.25, 0.3) is 11.8 Å². The molecule has 5 nitrogen and oxygen atoms in total. The largest absolute Gasteiger partial charge is 0.290 e. The second-order valence-electron chi connectivity index (χ2n) is 4.65. The Hall–Kier alpha value is -2.05. The van der Waals surface area contributed by atoms with E-state index < -0.39 is 17.6 Å². The van der Waals surface area contributed by atoms with Crippen LogP contribution in [0.1, 0.15) is 31.2 Å². The van der Waals surface area contributed by atoms with Crippen molar-refractivity contribution in [2.75, 3.05) is 6.54 Å². The molecule has 1 aromatic carbocycles. The Kier molecular flexibility index (Phi) is 3.80. The zero-order chi connectivity index (χ0) is 15.9. The summed E-state index contributed by atoms with van der Waals surface area (Å²) in [5.74, 6) is -1.46. The fraction of sp³-hybridized carbons (Fsp3) is 0.0667. The first-order valence-corrected chi connectivity index (χ1v) is 7.45. The van der Waals surface area contributed by atoms with E-state index >= 15 is 0 Å². The number of halogens is 2. The van der Waals surface area contributed by atoms with E-state index in [0.717, 1.165) is 4.90 Å². The molecule has 0 N–H and O–H groups in total. The third kappa shape index (κ3) is 2.44. The molecule has 1 aromatic heterocycles. The van der Waals surface area contributed by atoms with E-state index in [1.54, 1.807) is 24.3 Å². The van der Waals surface area contributed by atoms with Crippen molar-refractivity contribution in [3.8, 4) is 0 Å². The van der Waals surface area contributed by atoms with Crippen LogP contribution in [0.15, 0.2) is 41.0 Å². The van der Waals surface area contributed by atoms with Gasteiger partial charge in [-0.1, -0.05) is 23.7 Å². The fourth-order valence-corrected chi connectivity index (χ4v) is 2.96. The molecule has 0 saturated carbocycles. The maximum Gasteiger partial charge on any atom is 0.261 e. The van der Waals surface area contributed by atoms with Crippen LogP contribution in [0.2, 0.25) is 5.02 Å². The Morgan fingerprint density at radius 2 is 1.77 bits per heavy atom. The number of nitrogens with zero attached hydrogens (tertiary/aromatic N) is 2. The average Bonchev–Trinajstić information content (AvgIpc) is 2.73. The molecule has 0 bridgehead atoms. The number of pyridine rings is 1. The van der Waals surface area contributed by atoms with Crippen LogP contribution in [0.5, 0.6) is 0 Å². The molecule has 0 atom stereocenters. The second-order valence-corrected chi connectivity index (χ2v) is 5.97. The monoisotopic (exact) mass is 378 g/mol. The summed E-state index contributed by atoms with van der Waals surface area (Å²) in [6, 6.07) is 7.99. The molecule has 0 saturated heterocycles. The van der Waals surface area contributed by atoms with Gasteiger partial charge in [0.15, 0.2) is 0 Å². The first-order chi connectivity index (χ1) is 10.5. The summed E-state index contributed by atoms with van der Waals surface area (Å²) >= 11 is 9.17. The van der Waals surface area contributed by atoms with E-state index in [1.165, 1.54) is 12.3 Å². The molecule has 0 radical (unpaired) electrons. The van der Waals surface area contributed by atoms with Crippen LogP contribution in [0.3, 0.4) is 0 Å². The van der Waals surface area contributed by atoms with E-state index in [9.17, 15) is 14.4 Å². The zero-order valence-electron chi connectivity index (χ0n) is 11.0. The summed E-state index contributed by atoms with van der Waals surface area (Å²) in [6.07, 6.45) is 1.43. The number of hydrogen-bond donors (Lipinski definition) is 0. The molecule has 0 spiro atoms. The highest BCUT2D eigenvalue weighted by Crippen LogP contribution is 2.24. The summed E-state index contributed by atoms with van der Waals surface area (Å²) in [7, 11) is 0. The Morgan fingerprint density at radius 1 is 1.18 bits per heavy atom. The molecule has 2 aromatic rings. The van der Waals surface area contributed by atoms with Crippen LogP contribution in [0.4, 0.5) is 0 Å². The molecule has 1 aliphatic heterocycles. The third-order valence-electron chi connectivity index (χ3n) is 3.25. The van der Waals surface area contributed by atoms with Crippen LogP contribution >= 0.6 is 27.5 Å². The molecule has 22 heavy (non-hydrogen) atoms. The predicted molar refractivity (Wildman–Crippen MR) is 83.1 cm³/mol. The Morgan fingerprint density at radius 3 is 2.32 bits per heavy atom. The average molecular weight is 380 g/mol. The van der Waals surface area contributed by atoms with Gasteiger partial charge in [-0.25, -0.2) is 0 Å². The van der Waals surface area contributed by atoms with E-state index in [1.807, 2.05) is 0 Å². The fourth-order valence-electron chi connectivity index (χ4n) is 2.22. The van der Waals surface area contributed by atoms with E-state index in [-0.39, 0.29) is 17.3 Å². The Labute approximate surface area is 139 Å². The number of amides is 2. The van der Waals surface area contributed by atoms with Gasteiger partial charge in [-0.2, -0.15) is 0 Å². The first kappa shape index (κ1) is 14.9. The molecule has 3 rings (SSSR count). The zero-order valence-corrected chi connectivity index (χ0v) is 13.4. The van der Waals surface area contributed by atoms with Gasteiger partial charge < -0.3 is 0 Å². The number of rotatable bonds is 3. The number of aromatic nitrogens is 1. The summed E-state index contributed by atoms with van der Waals surface area (Å²) in [6.45, 7) is -0.388. The number of carbonyl (C=O) groups is 3. The quantitative estimate of drug-likeness (QED) is 0.607. The summed E-state index contributed by atoms with van der Waals surface area (Å²) < 4.78 is 0.634. The molecular formula is C15H8BrClN2O3. The highest BCUT2D eigenvalue weighted by atomic mass is 79.9. The van der Waals surface area contributed by atoms with Crippen molar-refractivity contribution >= 4 is 45.1 Å². The number of carbonyl (C=O) groups excluding carboxylic acids is 3. The normalized spacial score (nSPS) is 13.5. The number of hydrogen-bond acceptors (Lipinski definition) is 4. The van der Waals surface area contributed by atoms with E-state index in [4.69, 9.17) is 11.6 Å². The van der Waals surface area contributed by atoms with Gasteiger partial charge in [0.2, 0.25) is 5.78 Å². The minimum Gasteiger partial charge on any atom is -0.290 e. The number of Topliss-reactive ketones (excluding diaryl/α,β-unsaturated/α-hetero) is 1. The minimum atomic E-state index is -0.494. The predicted octanol–water partition coefficient (Wildman–Crippen LogP) is 2.98.